The molecule has 0 spiro atoms. The SMILES string of the molecule is C=CCOc1c(I)cc([C@@H]2C(C#N)=C(N)Oc3cc(O)ccc32)cc1I. The number of phenolic OH excluding ortho intramolecular Hbond substituents is 1. The zero-order valence-electron chi connectivity index (χ0n) is 13.5. The fourth-order valence-electron chi connectivity index (χ4n) is 2.81. The molecule has 0 saturated carbocycles. The molecule has 1 heterocycles. The number of hydrogen-bond acceptors (Lipinski definition) is 5. The highest BCUT2D eigenvalue weighted by atomic mass is 127. The highest BCUT2D eigenvalue weighted by molar-refractivity contribution is 14.1. The van der Waals surface area contributed by atoms with Crippen LogP contribution >= 0.6 is 45.2 Å². The van der Waals surface area contributed by atoms with Gasteiger partial charge in [0.25, 0.3) is 0 Å². The number of phenols is 1. The average Bonchev–Trinajstić information content (AvgIpc) is 2.59. The summed E-state index contributed by atoms with van der Waals surface area (Å²) in [4.78, 5) is 0. The van der Waals surface area contributed by atoms with Gasteiger partial charge in [-0.3, -0.25) is 0 Å². The Morgan fingerprint density at radius 1 is 1.31 bits per heavy atom. The molecule has 0 saturated heterocycles. The molecule has 0 amide bonds. The van der Waals surface area contributed by atoms with Crippen LogP contribution in [0, 0.1) is 18.5 Å². The molecule has 0 radical (unpaired) electrons. The minimum absolute atomic E-state index is 0.0487. The molecule has 26 heavy (non-hydrogen) atoms. The average molecular weight is 572 g/mol. The van der Waals surface area contributed by atoms with Crippen molar-refractivity contribution in [1.29, 1.82) is 5.26 Å². The highest BCUT2D eigenvalue weighted by Crippen LogP contribution is 2.44. The van der Waals surface area contributed by atoms with Gasteiger partial charge in [-0.05, 0) is 68.9 Å². The van der Waals surface area contributed by atoms with Crippen molar-refractivity contribution >= 4 is 45.2 Å². The summed E-state index contributed by atoms with van der Waals surface area (Å²) < 4.78 is 13.1. The summed E-state index contributed by atoms with van der Waals surface area (Å²) in [5, 5.41) is 19.4. The predicted octanol–water partition coefficient (Wildman–Crippen LogP) is 4.38. The number of nitriles is 1. The lowest BCUT2D eigenvalue weighted by molar-refractivity contribution is 0.358. The van der Waals surface area contributed by atoms with Crippen LogP contribution < -0.4 is 15.2 Å². The maximum atomic E-state index is 9.73. The molecule has 2 aromatic rings. The van der Waals surface area contributed by atoms with E-state index in [-0.39, 0.29) is 17.6 Å². The van der Waals surface area contributed by atoms with Crippen molar-refractivity contribution < 1.29 is 14.6 Å². The zero-order valence-corrected chi connectivity index (χ0v) is 17.8. The van der Waals surface area contributed by atoms with Crippen molar-refractivity contribution in [2.75, 3.05) is 6.61 Å². The van der Waals surface area contributed by atoms with Crippen LogP contribution in [0.2, 0.25) is 0 Å². The molecule has 7 heteroatoms. The minimum atomic E-state index is -0.375. The highest BCUT2D eigenvalue weighted by Gasteiger charge is 2.31. The lowest BCUT2D eigenvalue weighted by Crippen LogP contribution is -2.21. The lowest BCUT2D eigenvalue weighted by Gasteiger charge is -2.27. The molecular weight excluding hydrogens is 558 g/mol. The van der Waals surface area contributed by atoms with Gasteiger partial charge in [-0.15, -0.1) is 0 Å². The first kappa shape index (κ1) is 18.8. The van der Waals surface area contributed by atoms with Crippen molar-refractivity contribution in [2.45, 2.75) is 5.92 Å². The van der Waals surface area contributed by atoms with Crippen LogP contribution in [0.3, 0.4) is 0 Å². The normalized spacial score (nSPS) is 15.7. The third kappa shape index (κ3) is 3.48. The molecule has 1 aliphatic heterocycles. The molecular formula is C19H14I2N2O3. The molecule has 1 atom stereocenters. The van der Waals surface area contributed by atoms with Crippen molar-refractivity contribution in [3.63, 3.8) is 0 Å². The van der Waals surface area contributed by atoms with E-state index in [9.17, 15) is 10.4 Å². The van der Waals surface area contributed by atoms with Gasteiger partial charge in [-0.1, -0.05) is 18.7 Å². The van der Waals surface area contributed by atoms with Crippen LogP contribution in [0.15, 0.2) is 54.4 Å². The summed E-state index contributed by atoms with van der Waals surface area (Å²) in [6.45, 7) is 4.08. The molecule has 3 N–H and O–H groups in total. The second-order valence-electron chi connectivity index (χ2n) is 5.56. The molecule has 0 aromatic heterocycles. The number of allylic oxidation sites excluding steroid dienone is 1. The molecule has 0 fully saturated rings. The Bertz CT molecular complexity index is 941. The van der Waals surface area contributed by atoms with Crippen molar-refractivity contribution in [2.24, 2.45) is 5.73 Å². The Kier molecular flexibility index (Phi) is 5.62. The molecule has 3 rings (SSSR count). The fourth-order valence-corrected chi connectivity index (χ4v) is 4.94. The number of halogens is 2. The Balaban J connectivity index is 2.16. The zero-order chi connectivity index (χ0) is 18.8. The lowest BCUT2D eigenvalue weighted by atomic mass is 9.83. The van der Waals surface area contributed by atoms with E-state index >= 15 is 0 Å². The second kappa shape index (κ2) is 7.75. The van der Waals surface area contributed by atoms with E-state index < -0.39 is 0 Å². The summed E-state index contributed by atoms with van der Waals surface area (Å²) in [5.74, 6) is 0.979. The van der Waals surface area contributed by atoms with Gasteiger partial charge >= 0.3 is 0 Å². The van der Waals surface area contributed by atoms with Crippen LogP contribution in [-0.4, -0.2) is 11.7 Å². The summed E-state index contributed by atoms with van der Waals surface area (Å²) >= 11 is 4.42. The van der Waals surface area contributed by atoms with E-state index in [1.807, 2.05) is 12.1 Å². The van der Waals surface area contributed by atoms with Gasteiger partial charge in [0, 0.05) is 11.6 Å². The van der Waals surface area contributed by atoms with E-state index in [4.69, 9.17) is 15.2 Å². The number of hydrogen-bond donors (Lipinski definition) is 2. The molecule has 132 valence electrons. The third-order valence-electron chi connectivity index (χ3n) is 3.90. The number of aromatic hydroxyl groups is 1. The van der Waals surface area contributed by atoms with Crippen molar-refractivity contribution in [1.82, 2.24) is 0 Å². The van der Waals surface area contributed by atoms with Crippen LogP contribution in [0.4, 0.5) is 0 Å². The van der Waals surface area contributed by atoms with Gasteiger partial charge in [0.05, 0.1) is 13.1 Å². The van der Waals surface area contributed by atoms with Gasteiger partial charge in [-0.2, -0.15) is 5.26 Å². The first-order chi connectivity index (χ1) is 12.5. The van der Waals surface area contributed by atoms with Gasteiger partial charge in [0.1, 0.15) is 35.5 Å². The van der Waals surface area contributed by atoms with Gasteiger partial charge < -0.3 is 20.3 Å². The number of rotatable bonds is 4. The quantitative estimate of drug-likeness (QED) is 0.420. The van der Waals surface area contributed by atoms with Crippen LogP contribution in [-0.2, 0) is 0 Å². The van der Waals surface area contributed by atoms with Crippen molar-refractivity contribution in [3.05, 3.63) is 72.7 Å². The molecule has 0 aliphatic carbocycles. The van der Waals surface area contributed by atoms with Crippen LogP contribution in [0.5, 0.6) is 17.2 Å². The number of nitrogens with zero attached hydrogens (tertiary/aromatic N) is 1. The molecule has 0 bridgehead atoms. The first-order valence-electron chi connectivity index (χ1n) is 7.59. The van der Waals surface area contributed by atoms with Crippen molar-refractivity contribution in [3.8, 4) is 23.3 Å². The van der Waals surface area contributed by atoms with Gasteiger partial charge in [0.15, 0.2) is 0 Å². The van der Waals surface area contributed by atoms with E-state index in [0.29, 0.717) is 17.9 Å². The van der Waals surface area contributed by atoms with E-state index in [1.165, 1.54) is 6.07 Å². The predicted molar refractivity (Wildman–Crippen MR) is 115 cm³/mol. The number of benzene rings is 2. The number of ether oxygens (including phenoxy) is 2. The summed E-state index contributed by atoms with van der Waals surface area (Å²) in [6, 6.07) is 10.9. The van der Waals surface area contributed by atoms with Gasteiger partial charge in [0.2, 0.25) is 5.88 Å². The Morgan fingerprint density at radius 2 is 2.00 bits per heavy atom. The van der Waals surface area contributed by atoms with E-state index in [1.54, 1.807) is 18.2 Å². The Labute approximate surface area is 178 Å². The minimum Gasteiger partial charge on any atom is -0.508 e. The van der Waals surface area contributed by atoms with Gasteiger partial charge in [-0.25, -0.2) is 0 Å². The topological polar surface area (TPSA) is 88.5 Å². The number of nitrogens with two attached hydrogens (primary N) is 1. The molecule has 1 aliphatic rings. The van der Waals surface area contributed by atoms with E-state index in [2.05, 4.69) is 57.8 Å². The number of fused-ring (bicyclic) bond motifs is 1. The van der Waals surface area contributed by atoms with Crippen LogP contribution in [0.1, 0.15) is 17.0 Å². The maximum absolute atomic E-state index is 9.73. The Hall–Kier alpha value is -1.93. The summed E-state index contributed by atoms with van der Waals surface area (Å²) in [7, 11) is 0. The Morgan fingerprint density at radius 3 is 2.62 bits per heavy atom. The van der Waals surface area contributed by atoms with E-state index in [0.717, 1.165) is 24.0 Å². The molecule has 0 unspecified atom stereocenters. The fraction of sp³-hybridized carbons (Fsp3) is 0.105. The molecule has 2 aromatic carbocycles. The maximum Gasteiger partial charge on any atom is 0.205 e. The summed E-state index contributed by atoms with van der Waals surface area (Å²) in [5.41, 5.74) is 7.99. The second-order valence-corrected chi connectivity index (χ2v) is 7.88. The monoisotopic (exact) mass is 572 g/mol. The summed E-state index contributed by atoms with van der Waals surface area (Å²) in [6.07, 6.45) is 1.69. The third-order valence-corrected chi connectivity index (χ3v) is 5.50. The largest absolute Gasteiger partial charge is 0.508 e. The standard InChI is InChI=1S/C19H14I2N2O3/c1-2-5-25-18-14(20)6-10(7-15(18)21)17-12-4-3-11(24)8-16(12)26-19(23)13(17)9-22/h2-4,6-8,17,24H,1,5,23H2/t17-/m0/s1. The molecule has 5 nitrogen and oxygen atoms in total. The first-order valence-corrected chi connectivity index (χ1v) is 9.75. The van der Waals surface area contributed by atoms with Crippen LogP contribution in [0.25, 0.3) is 0 Å². The smallest absolute Gasteiger partial charge is 0.205 e.